The third kappa shape index (κ3) is 3.53. The first-order valence-corrected chi connectivity index (χ1v) is 10.4. The molecule has 3 N–H and O–H groups in total. The molecule has 8 heteroatoms. The highest BCUT2D eigenvalue weighted by atomic mass is 19.1. The summed E-state index contributed by atoms with van der Waals surface area (Å²) in [6.07, 6.45) is 1.69. The molecule has 4 aromatic rings. The van der Waals surface area contributed by atoms with E-state index < -0.39 is 11.7 Å². The standard InChI is InChI=1S/C24H22FN5O2/c1-14-10-18-19(21(26)31)11-16(25)12-20(18)30(14)24-28-22(17-8-5-9-32-23(17)29-24)27-13-15-6-3-2-4-7-15/h2-4,6-7,10-12H,5,8-9,13H2,1H3,(H2,26,31)(H,27,28,29). The first kappa shape index (κ1) is 20.0. The van der Waals surface area contributed by atoms with Gasteiger partial charge in [-0.2, -0.15) is 9.97 Å². The lowest BCUT2D eigenvalue weighted by Crippen LogP contribution is -2.17. The summed E-state index contributed by atoms with van der Waals surface area (Å²) in [6, 6.07) is 14.3. The van der Waals surface area contributed by atoms with Gasteiger partial charge in [0.05, 0.1) is 23.3 Å². The number of aromatic nitrogens is 3. The number of aryl methyl sites for hydroxylation is 1. The van der Waals surface area contributed by atoms with E-state index in [1.807, 2.05) is 37.3 Å². The Labute approximate surface area is 184 Å². The highest BCUT2D eigenvalue weighted by molar-refractivity contribution is 6.06. The van der Waals surface area contributed by atoms with E-state index in [4.69, 9.17) is 15.5 Å². The minimum absolute atomic E-state index is 0.124. The molecular formula is C24H22FN5O2. The molecule has 0 spiro atoms. The van der Waals surface area contributed by atoms with Gasteiger partial charge in [-0.25, -0.2) is 4.39 Å². The molecule has 162 valence electrons. The molecule has 5 rings (SSSR count). The summed E-state index contributed by atoms with van der Waals surface area (Å²) < 4.78 is 21.9. The van der Waals surface area contributed by atoms with Crippen molar-refractivity contribution in [1.29, 1.82) is 0 Å². The van der Waals surface area contributed by atoms with Gasteiger partial charge in [0.1, 0.15) is 11.6 Å². The van der Waals surface area contributed by atoms with Gasteiger partial charge >= 0.3 is 0 Å². The van der Waals surface area contributed by atoms with Crippen molar-refractivity contribution in [1.82, 2.24) is 14.5 Å². The third-order valence-electron chi connectivity index (χ3n) is 5.61. The lowest BCUT2D eigenvalue weighted by molar-refractivity contribution is 0.100. The minimum atomic E-state index is -0.688. The van der Waals surface area contributed by atoms with Crippen LogP contribution in [0.2, 0.25) is 0 Å². The number of hydrogen-bond acceptors (Lipinski definition) is 5. The molecule has 0 radical (unpaired) electrons. The molecular weight excluding hydrogens is 409 g/mol. The maximum absolute atomic E-state index is 14.3. The summed E-state index contributed by atoms with van der Waals surface area (Å²) in [4.78, 5) is 21.3. The van der Waals surface area contributed by atoms with Crippen LogP contribution in [0.4, 0.5) is 10.2 Å². The smallest absolute Gasteiger partial charge is 0.249 e. The number of halogens is 1. The number of nitrogens with two attached hydrogens (primary N) is 1. The second-order valence-corrected chi connectivity index (χ2v) is 7.82. The molecule has 0 atom stereocenters. The second-order valence-electron chi connectivity index (χ2n) is 7.82. The van der Waals surface area contributed by atoms with Gasteiger partial charge < -0.3 is 15.8 Å². The van der Waals surface area contributed by atoms with Crippen LogP contribution in [0, 0.1) is 12.7 Å². The topological polar surface area (TPSA) is 95.1 Å². The Hall–Kier alpha value is -3.94. The molecule has 2 aromatic carbocycles. The highest BCUT2D eigenvalue weighted by Gasteiger charge is 2.23. The normalized spacial score (nSPS) is 12.9. The molecule has 0 saturated carbocycles. The van der Waals surface area contributed by atoms with Crippen LogP contribution in [0.15, 0.2) is 48.5 Å². The van der Waals surface area contributed by atoms with Gasteiger partial charge in [0.2, 0.25) is 17.7 Å². The number of rotatable bonds is 5. The number of nitrogens with zero attached hydrogens (tertiary/aromatic N) is 3. The molecule has 0 bridgehead atoms. The number of primary amides is 1. The van der Waals surface area contributed by atoms with Crippen LogP contribution in [0.3, 0.4) is 0 Å². The van der Waals surface area contributed by atoms with Crippen LogP contribution in [0.1, 0.15) is 33.6 Å². The Morgan fingerprint density at radius 3 is 2.81 bits per heavy atom. The molecule has 3 heterocycles. The van der Waals surface area contributed by atoms with Crippen molar-refractivity contribution in [3.05, 3.63) is 76.7 Å². The Balaban J connectivity index is 1.65. The van der Waals surface area contributed by atoms with E-state index in [0.717, 1.165) is 35.7 Å². The van der Waals surface area contributed by atoms with Crippen molar-refractivity contribution >= 4 is 22.6 Å². The predicted molar refractivity (Wildman–Crippen MR) is 120 cm³/mol. The summed E-state index contributed by atoms with van der Waals surface area (Å²) in [5, 5.41) is 3.96. The summed E-state index contributed by atoms with van der Waals surface area (Å²) in [7, 11) is 0. The summed E-state index contributed by atoms with van der Waals surface area (Å²) in [5.41, 5.74) is 8.87. The van der Waals surface area contributed by atoms with Crippen molar-refractivity contribution < 1.29 is 13.9 Å². The van der Waals surface area contributed by atoms with Crippen molar-refractivity contribution in [3.8, 4) is 11.8 Å². The van der Waals surface area contributed by atoms with Crippen molar-refractivity contribution in [2.75, 3.05) is 11.9 Å². The van der Waals surface area contributed by atoms with Crippen LogP contribution >= 0.6 is 0 Å². The van der Waals surface area contributed by atoms with E-state index in [1.54, 1.807) is 10.6 Å². The van der Waals surface area contributed by atoms with Crippen molar-refractivity contribution in [2.45, 2.75) is 26.3 Å². The fourth-order valence-corrected chi connectivity index (χ4v) is 4.12. The van der Waals surface area contributed by atoms with Gasteiger partial charge in [-0.15, -0.1) is 0 Å². The SMILES string of the molecule is Cc1cc2c(C(N)=O)cc(F)cc2n1-c1nc(NCc2ccccc2)c2c(n1)OCCC2. The number of hydrogen-bond donors (Lipinski definition) is 2. The van der Waals surface area contributed by atoms with Crippen molar-refractivity contribution in [3.63, 3.8) is 0 Å². The first-order chi connectivity index (χ1) is 15.5. The number of carbonyl (C=O) groups is 1. The lowest BCUT2D eigenvalue weighted by atomic mass is 10.1. The quantitative estimate of drug-likeness (QED) is 0.500. The van der Waals surface area contributed by atoms with Crippen molar-refractivity contribution in [2.24, 2.45) is 5.73 Å². The second kappa shape index (κ2) is 7.96. The molecule has 32 heavy (non-hydrogen) atoms. The van der Waals surface area contributed by atoms with Gasteiger partial charge in [-0.05, 0) is 43.5 Å². The predicted octanol–water partition coefficient (Wildman–Crippen LogP) is 3.90. The van der Waals surface area contributed by atoms with Gasteiger partial charge in [0, 0.05) is 17.6 Å². The fourth-order valence-electron chi connectivity index (χ4n) is 4.12. The first-order valence-electron chi connectivity index (χ1n) is 10.4. The number of nitrogens with one attached hydrogen (secondary N) is 1. The maximum Gasteiger partial charge on any atom is 0.249 e. The van der Waals surface area contributed by atoms with E-state index in [1.165, 1.54) is 6.07 Å². The van der Waals surface area contributed by atoms with E-state index in [2.05, 4.69) is 10.3 Å². The Morgan fingerprint density at radius 1 is 1.22 bits per heavy atom. The van der Waals surface area contributed by atoms with E-state index in [-0.39, 0.29) is 5.56 Å². The average molecular weight is 431 g/mol. The van der Waals surface area contributed by atoms with Gasteiger partial charge in [0.25, 0.3) is 0 Å². The Kier molecular flexibility index (Phi) is 4.97. The Morgan fingerprint density at radius 2 is 2.03 bits per heavy atom. The zero-order valence-corrected chi connectivity index (χ0v) is 17.6. The molecule has 2 aromatic heterocycles. The molecule has 1 aliphatic heterocycles. The van der Waals surface area contributed by atoms with Crippen LogP contribution in [0.5, 0.6) is 5.88 Å². The summed E-state index contributed by atoms with van der Waals surface area (Å²) in [5.74, 6) is 0.300. The third-order valence-corrected chi connectivity index (χ3v) is 5.61. The average Bonchev–Trinajstić information content (AvgIpc) is 3.12. The number of carbonyl (C=O) groups excluding carboxylic acids is 1. The van der Waals surface area contributed by atoms with Gasteiger partial charge in [0.15, 0.2) is 0 Å². The number of benzene rings is 2. The van der Waals surface area contributed by atoms with E-state index in [9.17, 15) is 9.18 Å². The van der Waals surface area contributed by atoms with Gasteiger partial charge in [-0.1, -0.05) is 30.3 Å². The molecule has 0 unspecified atom stereocenters. The van der Waals surface area contributed by atoms with Crippen LogP contribution in [-0.2, 0) is 13.0 Å². The maximum atomic E-state index is 14.3. The van der Waals surface area contributed by atoms with E-state index >= 15 is 0 Å². The molecule has 0 aliphatic carbocycles. The van der Waals surface area contributed by atoms with Crippen LogP contribution < -0.4 is 15.8 Å². The summed E-state index contributed by atoms with van der Waals surface area (Å²) in [6.45, 7) is 3.02. The number of fused-ring (bicyclic) bond motifs is 2. The van der Waals surface area contributed by atoms with E-state index in [0.29, 0.717) is 41.7 Å². The largest absolute Gasteiger partial charge is 0.477 e. The Bertz CT molecular complexity index is 1330. The monoisotopic (exact) mass is 431 g/mol. The zero-order valence-electron chi connectivity index (χ0n) is 17.6. The minimum Gasteiger partial charge on any atom is -0.477 e. The van der Waals surface area contributed by atoms with Crippen LogP contribution in [-0.4, -0.2) is 27.0 Å². The molecule has 7 nitrogen and oxygen atoms in total. The van der Waals surface area contributed by atoms with Gasteiger partial charge in [-0.3, -0.25) is 9.36 Å². The molecule has 0 saturated heterocycles. The van der Waals surface area contributed by atoms with Crippen LogP contribution in [0.25, 0.3) is 16.9 Å². The summed E-state index contributed by atoms with van der Waals surface area (Å²) >= 11 is 0. The number of ether oxygens (including phenoxy) is 1. The lowest BCUT2D eigenvalue weighted by Gasteiger charge is -2.21. The number of amides is 1. The number of anilines is 1. The molecule has 0 fully saturated rings. The molecule has 1 amide bonds. The fraction of sp³-hybridized carbons (Fsp3) is 0.208. The zero-order chi connectivity index (χ0) is 22.2. The highest BCUT2D eigenvalue weighted by Crippen LogP contribution is 2.32. The molecule has 1 aliphatic rings.